The van der Waals surface area contributed by atoms with Gasteiger partial charge in [0.2, 0.25) is 0 Å². The Bertz CT molecular complexity index is 402. The zero-order chi connectivity index (χ0) is 13.8. The van der Waals surface area contributed by atoms with Crippen molar-refractivity contribution < 1.29 is 9.53 Å². The van der Waals surface area contributed by atoms with Crippen LogP contribution in [0.2, 0.25) is 0 Å². The number of piperazine rings is 1. The fraction of sp³-hybridized carbons (Fsp3) is 0.692. The highest BCUT2D eigenvalue weighted by Gasteiger charge is 2.29. The number of aromatic nitrogens is 1. The van der Waals surface area contributed by atoms with Crippen LogP contribution in [0, 0.1) is 5.92 Å². The molecule has 0 radical (unpaired) electrons. The van der Waals surface area contributed by atoms with Gasteiger partial charge in [-0.15, -0.1) is 11.3 Å². The van der Waals surface area contributed by atoms with Crippen LogP contribution in [-0.4, -0.2) is 55.2 Å². The SMILES string of the molecule is COC(=O)C(C)C(C)N1CCN(c2nccs2)CC1. The van der Waals surface area contributed by atoms with Crippen molar-refractivity contribution in [3.63, 3.8) is 0 Å². The summed E-state index contributed by atoms with van der Waals surface area (Å²) in [6, 6.07) is 0.214. The van der Waals surface area contributed by atoms with Crippen LogP contribution in [0.4, 0.5) is 5.13 Å². The van der Waals surface area contributed by atoms with Crippen molar-refractivity contribution in [1.82, 2.24) is 9.88 Å². The second-order valence-corrected chi connectivity index (χ2v) is 5.76. The summed E-state index contributed by atoms with van der Waals surface area (Å²) in [5.74, 6) is -0.216. The molecule has 0 saturated carbocycles. The second-order valence-electron chi connectivity index (χ2n) is 4.89. The Kier molecular flexibility index (Phi) is 4.76. The molecule has 0 amide bonds. The van der Waals surface area contributed by atoms with Crippen molar-refractivity contribution in [2.24, 2.45) is 5.92 Å². The van der Waals surface area contributed by atoms with Gasteiger partial charge in [-0.05, 0) is 6.92 Å². The zero-order valence-electron chi connectivity index (χ0n) is 11.7. The number of methoxy groups -OCH3 is 1. The lowest BCUT2D eigenvalue weighted by Gasteiger charge is -2.39. The van der Waals surface area contributed by atoms with Crippen molar-refractivity contribution >= 4 is 22.4 Å². The summed E-state index contributed by atoms with van der Waals surface area (Å²) < 4.78 is 4.82. The van der Waals surface area contributed by atoms with Crippen LogP contribution in [0.15, 0.2) is 11.6 Å². The Morgan fingerprint density at radius 1 is 1.37 bits per heavy atom. The van der Waals surface area contributed by atoms with E-state index in [1.54, 1.807) is 11.3 Å². The average molecular weight is 283 g/mol. The number of esters is 1. The highest BCUT2D eigenvalue weighted by Crippen LogP contribution is 2.21. The van der Waals surface area contributed by atoms with Crippen LogP contribution in [0.1, 0.15) is 13.8 Å². The molecule has 0 N–H and O–H groups in total. The van der Waals surface area contributed by atoms with E-state index in [1.165, 1.54) is 7.11 Å². The molecule has 1 fully saturated rings. The fourth-order valence-corrected chi connectivity index (χ4v) is 3.09. The predicted molar refractivity (Wildman–Crippen MR) is 76.5 cm³/mol. The molecule has 2 heterocycles. The minimum absolute atomic E-state index is 0.0867. The molecule has 1 aliphatic rings. The number of carbonyl (C=O) groups excluding carboxylic acids is 1. The van der Waals surface area contributed by atoms with E-state index in [0.717, 1.165) is 31.3 Å². The number of rotatable bonds is 4. The Morgan fingerprint density at radius 3 is 2.58 bits per heavy atom. The monoisotopic (exact) mass is 283 g/mol. The molecule has 106 valence electrons. The lowest BCUT2D eigenvalue weighted by atomic mass is 10.0. The molecule has 1 aromatic rings. The van der Waals surface area contributed by atoms with Gasteiger partial charge in [0.25, 0.3) is 0 Å². The molecular formula is C13H21N3O2S. The van der Waals surface area contributed by atoms with Crippen LogP contribution >= 0.6 is 11.3 Å². The standard InChI is InChI=1S/C13H21N3O2S/c1-10(12(17)18-3)11(2)15-5-7-16(8-6-15)13-14-4-9-19-13/h4,9-11H,5-8H2,1-3H3. The maximum atomic E-state index is 11.6. The number of nitrogens with zero attached hydrogens (tertiary/aromatic N) is 3. The first-order chi connectivity index (χ1) is 9.13. The third-order valence-electron chi connectivity index (χ3n) is 3.88. The zero-order valence-corrected chi connectivity index (χ0v) is 12.5. The number of hydrogen-bond donors (Lipinski definition) is 0. The summed E-state index contributed by atoms with van der Waals surface area (Å²) in [5, 5.41) is 3.09. The van der Waals surface area contributed by atoms with Crippen molar-refractivity contribution in [3.8, 4) is 0 Å². The highest BCUT2D eigenvalue weighted by molar-refractivity contribution is 7.13. The largest absolute Gasteiger partial charge is 0.469 e. The third-order valence-corrected chi connectivity index (χ3v) is 4.71. The van der Waals surface area contributed by atoms with E-state index in [9.17, 15) is 4.79 Å². The number of ether oxygens (including phenoxy) is 1. The number of carbonyl (C=O) groups is 1. The predicted octanol–water partition coefficient (Wildman–Crippen LogP) is 1.46. The van der Waals surface area contributed by atoms with Gasteiger partial charge >= 0.3 is 5.97 Å². The van der Waals surface area contributed by atoms with Crippen LogP contribution in [0.3, 0.4) is 0 Å². The van der Waals surface area contributed by atoms with Crippen LogP contribution < -0.4 is 4.90 Å². The van der Waals surface area contributed by atoms with E-state index in [-0.39, 0.29) is 17.9 Å². The molecule has 0 aromatic carbocycles. The molecule has 1 aliphatic heterocycles. The number of hydrogen-bond acceptors (Lipinski definition) is 6. The lowest BCUT2D eigenvalue weighted by Crippen LogP contribution is -2.52. The Labute approximate surface area is 118 Å². The van der Waals surface area contributed by atoms with Crippen LogP contribution in [0.5, 0.6) is 0 Å². The molecule has 6 heteroatoms. The average Bonchev–Trinajstić information content (AvgIpc) is 2.99. The first-order valence-electron chi connectivity index (χ1n) is 6.59. The van der Waals surface area contributed by atoms with E-state index in [1.807, 2.05) is 18.5 Å². The molecule has 1 aromatic heterocycles. The first-order valence-corrected chi connectivity index (χ1v) is 7.47. The van der Waals surface area contributed by atoms with Crippen molar-refractivity contribution in [3.05, 3.63) is 11.6 Å². The molecule has 5 nitrogen and oxygen atoms in total. The molecule has 2 rings (SSSR count). The van der Waals surface area contributed by atoms with E-state index in [0.29, 0.717) is 0 Å². The topological polar surface area (TPSA) is 45.7 Å². The van der Waals surface area contributed by atoms with E-state index in [2.05, 4.69) is 21.7 Å². The molecule has 19 heavy (non-hydrogen) atoms. The minimum atomic E-state index is -0.130. The van der Waals surface area contributed by atoms with Crippen LogP contribution in [0.25, 0.3) is 0 Å². The van der Waals surface area contributed by atoms with Crippen molar-refractivity contribution in [2.45, 2.75) is 19.9 Å². The third kappa shape index (κ3) is 3.25. The maximum absolute atomic E-state index is 11.6. The quantitative estimate of drug-likeness (QED) is 0.783. The van der Waals surface area contributed by atoms with Gasteiger partial charge in [-0.1, -0.05) is 6.92 Å². The summed E-state index contributed by atoms with van der Waals surface area (Å²) in [4.78, 5) is 20.6. The van der Waals surface area contributed by atoms with Crippen molar-refractivity contribution in [1.29, 1.82) is 0 Å². The Morgan fingerprint density at radius 2 is 2.05 bits per heavy atom. The smallest absolute Gasteiger partial charge is 0.309 e. The highest BCUT2D eigenvalue weighted by atomic mass is 32.1. The molecule has 0 aliphatic carbocycles. The molecular weight excluding hydrogens is 262 g/mol. The number of anilines is 1. The molecule has 0 bridgehead atoms. The van der Waals surface area contributed by atoms with Crippen LogP contribution in [-0.2, 0) is 9.53 Å². The van der Waals surface area contributed by atoms with E-state index in [4.69, 9.17) is 4.74 Å². The van der Waals surface area contributed by atoms with Gasteiger partial charge in [0.05, 0.1) is 13.0 Å². The summed E-state index contributed by atoms with van der Waals surface area (Å²) in [6.45, 7) is 7.88. The van der Waals surface area contributed by atoms with Gasteiger partial charge < -0.3 is 9.64 Å². The molecule has 2 atom stereocenters. The summed E-state index contributed by atoms with van der Waals surface area (Å²) >= 11 is 1.68. The maximum Gasteiger partial charge on any atom is 0.309 e. The lowest BCUT2D eigenvalue weighted by molar-refractivity contribution is -0.147. The normalized spacial score (nSPS) is 20.1. The minimum Gasteiger partial charge on any atom is -0.469 e. The summed E-state index contributed by atoms with van der Waals surface area (Å²) in [7, 11) is 1.45. The van der Waals surface area contributed by atoms with E-state index >= 15 is 0 Å². The van der Waals surface area contributed by atoms with E-state index < -0.39 is 0 Å². The molecule has 0 spiro atoms. The molecule has 1 saturated heterocycles. The second kappa shape index (κ2) is 6.34. The van der Waals surface area contributed by atoms with Gasteiger partial charge in [0.1, 0.15) is 0 Å². The Hall–Kier alpha value is -1.14. The molecule has 2 unspecified atom stereocenters. The van der Waals surface area contributed by atoms with Gasteiger partial charge in [-0.3, -0.25) is 9.69 Å². The number of thiazole rings is 1. The van der Waals surface area contributed by atoms with Gasteiger partial charge in [0, 0.05) is 43.8 Å². The first kappa shape index (κ1) is 14.3. The fourth-order valence-electron chi connectivity index (χ4n) is 2.39. The van der Waals surface area contributed by atoms with Gasteiger partial charge in [-0.25, -0.2) is 4.98 Å². The van der Waals surface area contributed by atoms with Gasteiger partial charge in [-0.2, -0.15) is 0 Å². The Balaban J connectivity index is 1.87. The summed E-state index contributed by atoms with van der Waals surface area (Å²) in [6.07, 6.45) is 1.84. The van der Waals surface area contributed by atoms with Gasteiger partial charge in [0.15, 0.2) is 5.13 Å². The van der Waals surface area contributed by atoms with Crippen molar-refractivity contribution in [2.75, 3.05) is 38.2 Å². The summed E-state index contributed by atoms with van der Waals surface area (Å²) in [5.41, 5.74) is 0.